The normalized spacial score (nSPS) is 11.1. The van der Waals surface area contributed by atoms with Crippen molar-refractivity contribution in [2.45, 2.75) is 39.2 Å². The first-order valence-electron chi connectivity index (χ1n) is 11.2. The Morgan fingerprint density at radius 1 is 0.943 bits per heavy atom. The van der Waals surface area contributed by atoms with Crippen LogP contribution < -0.4 is 5.32 Å². The molecule has 1 aromatic heterocycles. The summed E-state index contributed by atoms with van der Waals surface area (Å²) in [6.45, 7) is 4.55. The fraction of sp³-hybridized carbons (Fsp3) is 0.308. The molecule has 0 saturated carbocycles. The molecular formula is C26H27FN2O6. The summed E-state index contributed by atoms with van der Waals surface area (Å²) in [5, 5.41) is 2.46. The van der Waals surface area contributed by atoms with Crippen molar-refractivity contribution < 1.29 is 32.7 Å². The molecule has 0 spiro atoms. The minimum atomic E-state index is -1.94. The molecule has 1 N–H and O–H groups in total. The number of hydrogen-bond acceptors (Lipinski definition) is 7. The minimum Gasteiger partial charge on any atom is -0.464 e. The molecule has 0 aliphatic heterocycles. The minimum absolute atomic E-state index is 0.0394. The van der Waals surface area contributed by atoms with Crippen LogP contribution in [0.4, 0.5) is 4.39 Å². The predicted octanol–water partition coefficient (Wildman–Crippen LogP) is 4.08. The molecular weight excluding hydrogens is 455 g/mol. The van der Waals surface area contributed by atoms with E-state index in [9.17, 15) is 18.8 Å². The van der Waals surface area contributed by atoms with Gasteiger partial charge in [0.2, 0.25) is 17.3 Å². The Morgan fingerprint density at radius 2 is 1.51 bits per heavy atom. The zero-order valence-electron chi connectivity index (χ0n) is 19.8. The summed E-state index contributed by atoms with van der Waals surface area (Å²) in [6.07, 6.45) is 1.76. The van der Waals surface area contributed by atoms with Gasteiger partial charge in [0.05, 0.1) is 13.2 Å². The molecule has 2 aromatic carbocycles. The molecule has 8 nitrogen and oxygen atoms in total. The Balaban J connectivity index is 1.78. The van der Waals surface area contributed by atoms with E-state index in [0.717, 1.165) is 11.1 Å². The average molecular weight is 483 g/mol. The molecule has 0 bridgehead atoms. The second-order valence-electron chi connectivity index (χ2n) is 7.77. The van der Waals surface area contributed by atoms with E-state index in [4.69, 9.17) is 13.9 Å². The Morgan fingerprint density at radius 3 is 2.06 bits per heavy atom. The molecule has 1 amide bonds. The number of oxazole rings is 1. The van der Waals surface area contributed by atoms with Crippen LogP contribution in [0.1, 0.15) is 32.8 Å². The predicted molar refractivity (Wildman–Crippen MR) is 125 cm³/mol. The van der Waals surface area contributed by atoms with Gasteiger partial charge in [-0.15, -0.1) is 0 Å². The maximum absolute atomic E-state index is 13.2. The Labute approximate surface area is 202 Å². The van der Waals surface area contributed by atoms with E-state index >= 15 is 0 Å². The summed E-state index contributed by atoms with van der Waals surface area (Å²) in [6, 6.07) is 13.2. The molecule has 0 unspecified atom stereocenters. The highest BCUT2D eigenvalue weighted by Crippen LogP contribution is 2.26. The molecule has 3 rings (SSSR count). The summed E-state index contributed by atoms with van der Waals surface area (Å²) in [7, 11) is 0. The van der Waals surface area contributed by atoms with E-state index in [2.05, 4.69) is 10.3 Å². The third-order valence-electron chi connectivity index (χ3n) is 5.27. The number of halogens is 1. The van der Waals surface area contributed by atoms with Crippen LogP contribution in [0.5, 0.6) is 0 Å². The molecule has 0 aliphatic carbocycles. The third kappa shape index (κ3) is 6.11. The van der Waals surface area contributed by atoms with Crippen molar-refractivity contribution >= 4 is 17.8 Å². The maximum atomic E-state index is 13.2. The number of nitrogens with one attached hydrogen (secondary N) is 1. The van der Waals surface area contributed by atoms with Gasteiger partial charge in [-0.3, -0.25) is 4.79 Å². The van der Waals surface area contributed by atoms with Crippen molar-refractivity contribution in [1.29, 1.82) is 0 Å². The Hall–Kier alpha value is -4.01. The van der Waals surface area contributed by atoms with Crippen molar-refractivity contribution in [2.75, 3.05) is 13.2 Å². The number of hydrogen-bond donors (Lipinski definition) is 1. The highest BCUT2D eigenvalue weighted by atomic mass is 19.1. The van der Waals surface area contributed by atoms with Gasteiger partial charge in [-0.1, -0.05) is 24.3 Å². The molecule has 3 aromatic rings. The largest absolute Gasteiger partial charge is 0.464 e. The zero-order valence-corrected chi connectivity index (χ0v) is 19.8. The second kappa shape index (κ2) is 11.4. The van der Waals surface area contributed by atoms with Crippen LogP contribution >= 0.6 is 0 Å². The number of aromatic nitrogens is 1. The number of ether oxygens (including phenoxy) is 2. The van der Waals surface area contributed by atoms with Crippen LogP contribution in [0.25, 0.3) is 22.7 Å². The lowest BCUT2D eigenvalue weighted by molar-refractivity contribution is -0.168. The highest BCUT2D eigenvalue weighted by Gasteiger charge is 2.49. The molecule has 0 radical (unpaired) electrons. The van der Waals surface area contributed by atoms with Crippen molar-refractivity contribution in [3.63, 3.8) is 0 Å². The number of carbonyl (C=O) groups is 3. The Kier molecular flexibility index (Phi) is 8.35. The van der Waals surface area contributed by atoms with E-state index in [1.54, 1.807) is 26.0 Å². The Bertz CT molecular complexity index is 1150. The van der Waals surface area contributed by atoms with Crippen molar-refractivity contribution in [2.24, 2.45) is 0 Å². The smallest absolute Gasteiger partial charge is 0.343 e. The van der Waals surface area contributed by atoms with Gasteiger partial charge < -0.3 is 19.2 Å². The summed E-state index contributed by atoms with van der Waals surface area (Å²) in [5.41, 5.74) is 0.921. The van der Waals surface area contributed by atoms with Crippen LogP contribution in [0.3, 0.4) is 0 Å². The molecule has 0 atom stereocenters. The van der Waals surface area contributed by atoms with Crippen molar-refractivity contribution in [3.05, 3.63) is 66.2 Å². The van der Waals surface area contributed by atoms with Gasteiger partial charge in [-0.05, 0) is 56.5 Å². The molecule has 35 heavy (non-hydrogen) atoms. The molecule has 0 aliphatic rings. The standard InChI is InChI=1S/C26H27FN2O6/c1-4-33-24(31)26(29-17(3)30,25(32)34-5-2)15-14-18-6-8-19(9-7-18)22-16-35-23(28-22)20-10-12-21(27)13-11-20/h6-13,16H,4-5,14-15H2,1-3H3,(H,29,30). The van der Waals surface area contributed by atoms with Crippen LogP contribution in [0, 0.1) is 5.82 Å². The molecule has 0 fully saturated rings. The van der Waals surface area contributed by atoms with Gasteiger partial charge in [-0.2, -0.15) is 0 Å². The summed E-state index contributed by atoms with van der Waals surface area (Å²) >= 11 is 0. The lowest BCUT2D eigenvalue weighted by Crippen LogP contribution is -2.61. The number of carbonyl (C=O) groups excluding carboxylic acids is 3. The van der Waals surface area contributed by atoms with E-state index in [-0.39, 0.29) is 31.9 Å². The lowest BCUT2D eigenvalue weighted by atomic mass is 9.90. The quantitative estimate of drug-likeness (QED) is 0.343. The number of esters is 2. The zero-order chi connectivity index (χ0) is 25.4. The first-order valence-corrected chi connectivity index (χ1v) is 11.2. The summed E-state index contributed by atoms with van der Waals surface area (Å²) < 4.78 is 28.9. The van der Waals surface area contributed by atoms with Crippen LogP contribution in [0.2, 0.25) is 0 Å². The first-order chi connectivity index (χ1) is 16.8. The van der Waals surface area contributed by atoms with Crippen molar-refractivity contribution in [3.8, 4) is 22.7 Å². The maximum Gasteiger partial charge on any atom is 0.343 e. The number of rotatable bonds is 10. The first kappa shape index (κ1) is 25.6. The SMILES string of the molecule is CCOC(=O)C(CCc1ccc(-c2coc(-c3ccc(F)cc3)n2)cc1)(NC(C)=O)C(=O)OCC. The van der Waals surface area contributed by atoms with Gasteiger partial charge >= 0.3 is 11.9 Å². The van der Waals surface area contributed by atoms with Gasteiger partial charge in [0, 0.05) is 18.1 Å². The van der Waals surface area contributed by atoms with Crippen LogP contribution in [-0.4, -0.2) is 41.6 Å². The van der Waals surface area contributed by atoms with Gasteiger partial charge in [0.1, 0.15) is 17.8 Å². The second-order valence-corrected chi connectivity index (χ2v) is 7.77. The highest BCUT2D eigenvalue weighted by molar-refractivity contribution is 6.07. The van der Waals surface area contributed by atoms with E-state index in [0.29, 0.717) is 17.1 Å². The number of nitrogens with zero attached hydrogens (tertiary/aromatic N) is 1. The number of aryl methyl sites for hydroxylation is 1. The lowest BCUT2D eigenvalue weighted by Gasteiger charge is -2.29. The molecule has 184 valence electrons. The molecule has 0 saturated heterocycles. The summed E-state index contributed by atoms with van der Waals surface area (Å²) in [4.78, 5) is 41.8. The third-order valence-corrected chi connectivity index (χ3v) is 5.27. The number of amides is 1. The topological polar surface area (TPSA) is 108 Å². The average Bonchev–Trinajstić information content (AvgIpc) is 3.33. The van der Waals surface area contributed by atoms with Crippen LogP contribution in [0.15, 0.2) is 59.2 Å². The van der Waals surface area contributed by atoms with Crippen LogP contribution in [-0.2, 0) is 30.3 Å². The van der Waals surface area contributed by atoms with Gasteiger partial charge in [0.15, 0.2) is 0 Å². The van der Waals surface area contributed by atoms with Gasteiger partial charge in [-0.25, -0.2) is 19.0 Å². The van der Waals surface area contributed by atoms with E-state index in [1.807, 2.05) is 24.3 Å². The number of benzene rings is 2. The van der Waals surface area contributed by atoms with Crippen molar-refractivity contribution in [1.82, 2.24) is 10.3 Å². The fourth-order valence-electron chi connectivity index (χ4n) is 3.57. The fourth-order valence-corrected chi connectivity index (χ4v) is 3.57. The monoisotopic (exact) mass is 482 g/mol. The molecule has 1 heterocycles. The van der Waals surface area contributed by atoms with Gasteiger partial charge in [0.25, 0.3) is 0 Å². The van der Waals surface area contributed by atoms with E-state index in [1.165, 1.54) is 25.3 Å². The summed E-state index contributed by atoms with van der Waals surface area (Å²) in [5.74, 6) is -2.25. The van der Waals surface area contributed by atoms with E-state index < -0.39 is 23.4 Å². The molecule has 9 heteroatoms.